The molecule has 0 bridgehead atoms. The van der Waals surface area contributed by atoms with Crippen LogP contribution in [0, 0.1) is 11.6 Å². The minimum Gasteiger partial charge on any atom is -0.394 e. The molecule has 206 valence electrons. The van der Waals surface area contributed by atoms with Gasteiger partial charge in [0.15, 0.2) is 11.6 Å². The van der Waals surface area contributed by atoms with Gasteiger partial charge in [-0.1, -0.05) is 22.0 Å². The Morgan fingerprint density at radius 3 is 2.58 bits per heavy atom. The van der Waals surface area contributed by atoms with E-state index in [2.05, 4.69) is 20.6 Å². The van der Waals surface area contributed by atoms with Crippen LogP contribution in [0.25, 0.3) is 11.3 Å². The zero-order valence-electron chi connectivity index (χ0n) is 19.8. The maximum absolute atomic E-state index is 14.5. The van der Waals surface area contributed by atoms with Crippen LogP contribution in [0.3, 0.4) is 0 Å². The summed E-state index contributed by atoms with van der Waals surface area (Å²) in [6.07, 6.45) is -1.51. The highest BCUT2D eigenvalue weighted by atomic mass is 35.5. The van der Waals surface area contributed by atoms with E-state index >= 15 is 0 Å². The monoisotopic (exact) mass is 562 g/mol. The first-order valence-electron chi connectivity index (χ1n) is 11.5. The fourth-order valence-corrected chi connectivity index (χ4v) is 4.91. The lowest BCUT2D eigenvalue weighted by atomic mass is 9.90. The van der Waals surface area contributed by atoms with E-state index in [1.807, 2.05) is 0 Å². The van der Waals surface area contributed by atoms with Crippen LogP contribution in [0.5, 0.6) is 0 Å². The smallest absolute Gasteiger partial charge is 0.295 e. The number of benzene rings is 1. The van der Waals surface area contributed by atoms with Gasteiger partial charge in [-0.05, 0) is 12.1 Å². The predicted molar refractivity (Wildman–Crippen MR) is 121 cm³/mol. The van der Waals surface area contributed by atoms with Crippen LogP contribution in [-0.4, -0.2) is 97.5 Å². The molecular weight excluding hydrogens is 540 g/mol. The molecule has 0 spiro atoms. The molecule has 11 nitrogen and oxygen atoms in total. The number of ether oxygens (including phenoxy) is 3. The summed E-state index contributed by atoms with van der Waals surface area (Å²) in [5.41, 5.74) is 0.0594. The molecule has 2 N–H and O–H groups in total. The Labute approximate surface area is 217 Å². The molecule has 3 aromatic rings. The average molecular weight is 563 g/mol. The van der Waals surface area contributed by atoms with E-state index in [9.17, 15) is 27.8 Å². The third kappa shape index (κ3) is 4.78. The lowest BCUT2D eigenvalue weighted by molar-refractivity contribution is -0.212. The van der Waals surface area contributed by atoms with Gasteiger partial charge in [-0.3, -0.25) is 0 Å². The van der Waals surface area contributed by atoms with Gasteiger partial charge in [0.25, 0.3) is 5.92 Å². The van der Waals surface area contributed by atoms with E-state index in [1.54, 1.807) is 0 Å². The molecule has 38 heavy (non-hydrogen) atoms. The number of aromatic nitrogens is 6. The number of alkyl halides is 2. The third-order valence-electron chi connectivity index (χ3n) is 6.71. The number of aliphatic hydroxyl groups is 2. The summed E-state index contributed by atoms with van der Waals surface area (Å²) in [5.74, 6) is -5.56. The second-order valence-electron chi connectivity index (χ2n) is 9.07. The van der Waals surface area contributed by atoms with Crippen molar-refractivity contribution in [3.05, 3.63) is 46.9 Å². The molecule has 2 aliphatic heterocycles. The molecule has 0 radical (unpaired) electrons. The van der Waals surface area contributed by atoms with Crippen molar-refractivity contribution in [2.75, 3.05) is 26.9 Å². The van der Waals surface area contributed by atoms with Crippen molar-refractivity contribution in [1.29, 1.82) is 0 Å². The largest absolute Gasteiger partial charge is 0.394 e. The Morgan fingerprint density at radius 2 is 1.89 bits per heavy atom. The van der Waals surface area contributed by atoms with Crippen molar-refractivity contribution in [2.24, 2.45) is 0 Å². The highest BCUT2D eigenvalue weighted by Gasteiger charge is 2.49. The lowest BCUT2D eigenvalue weighted by Crippen LogP contribution is -2.57. The van der Waals surface area contributed by atoms with Gasteiger partial charge in [-0.15, -0.1) is 10.2 Å². The molecule has 2 aromatic heterocycles. The minimum absolute atomic E-state index is 0.0238. The van der Waals surface area contributed by atoms with E-state index in [0.29, 0.717) is 5.69 Å². The fourth-order valence-electron chi connectivity index (χ4n) is 4.76. The molecule has 5 rings (SSSR count). The molecule has 0 unspecified atom stereocenters. The maximum atomic E-state index is 14.5. The van der Waals surface area contributed by atoms with E-state index < -0.39 is 72.3 Å². The van der Waals surface area contributed by atoms with Gasteiger partial charge in [-0.25, -0.2) is 26.9 Å². The number of methoxy groups -OCH3 is 1. The molecule has 2 fully saturated rings. The molecule has 0 saturated carbocycles. The molecule has 2 aliphatic rings. The highest BCUT2D eigenvalue weighted by molar-refractivity contribution is 6.30. The fraction of sp³-hybridized carbons (Fsp3) is 0.545. The number of nitrogens with zero attached hydrogens (tertiary/aromatic N) is 6. The number of hydrogen-bond acceptors (Lipinski definition) is 9. The Balaban J connectivity index is 1.42. The first-order chi connectivity index (χ1) is 18.1. The Morgan fingerprint density at radius 1 is 1.13 bits per heavy atom. The minimum atomic E-state index is -3.10. The van der Waals surface area contributed by atoms with Crippen molar-refractivity contribution < 1.29 is 42.0 Å². The normalized spacial score (nSPS) is 29.2. The summed E-state index contributed by atoms with van der Waals surface area (Å²) >= 11 is 5.63. The third-order valence-corrected chi connectivity index (χ3v) is 7.00. The van der Waals surface area contributed by atoms with Crippen LogP contribution in [0.1, 0.15) is 17.8 Å². The zero-order valence-corrected chi connectivity index (χ0v) is 20.6. The van der Waals surface area contributed by atoms with Crippen molar-refractivity contribution in [3.63, 3.8) is 0 Å². The summed E-state index contributed by atoms with van der Waals surface area (Å²) in [4.78, 5) is 0. The summed E-state index contributed by atoms with van der Waals surface area (Å²) < 4.78 is 75.2. The van der Waals surface area contributed by atoms with E-state index in [0.717, 1.165) is 4.68 Å². The lowest BCUT2D eigenvalue weighted by Gasteiger charge is -2.43. The van der Waals surface area contributed by atoms with E-state index in [4.69, 9.17) is 25.8 Å². The van der Waals surface area contributed by atoms with E-state index in [1.165, 1.54) is 36.3 Å². The second kappa shape index (κ2) is 10.5. The SMILES string of the molecule is CO[C@@H]1[C@@H](n2cc(-c3ccc(Cl)c(F)c3F)nn2)[C@@H](O)[C@@H](CO)O[C@@H]1Cc1cn([C@@H]2COCC2(F)F)nn1. The summed E-state index contributed by atoms with van der Waals surface area (Å²) in [6, 6.07) is 0.125. The Hall–Kier alpha value is -2.69. The van der Waals surface area contributed by atoms with Crippen LogP contribution in [0.4, 0.5) is 17.6 Å². The molecule has 0 amide bonds. The average Bonchev–Trinajstić information content (AvgIpc) is 3.63. The Bertz CT molecular complexity index is 1290. The molecule has 4 heterocycles. The summed E-state index contributed by atoms with van der Waals surface area (Å²) in [5, 5.41) is 36.1. The van der Waals surface area contributed by atoms with Gasteiger partial charge in [0.1, 0.15) is 42.7 Å². The van der Waals surface area contributed by atoms with Gasteiger partial charge < -0.3 is 24.4 Å². The first kappa shape index (κ1) is 26.9. The topological polar surface area (TPSA) is 130 Å². The highest BCUT2D eigenvalue weighted by Crippen LogP contribution is 2.36. The van der Waals surface area contributed by atoms with Crippen molar-refractivity contribution in [1.82, 2.24) is 30.0 Å². The van der Waals surface area contributed by atoms with Gasteiger partial charge >= 0.3 is 0 Å². The van der Waals surface area contributed by atoms with Crippen LogP contribution in [0.15, 0.2) is 24.5 Å². The second-order valence-corrected chi connectivity index (χ2v) is 9.48. The van der Waals surface area contributed by atoms with Gasteiger partial charge in [0.05, 0.1) is 36.2 Å². The van der Waals surface area contributed by atoms with Crippen molar-refractivity contribution >= 4 is 11.6 Å². The number of rotatable bonds is 7. The van der Waals surface area contributed by atoms with Gasteiger partial charge in [-0.2, -0.15) is 0 Å². The van der Waals surface area contributed by atoms with Crippen LogP contribution in [0.2, 0.25) is 5.02 Å². The first-order valence-corrected chi connectivity index (χ1v) is 11.9. The van der Waals surface area contributed by atoms with E-state index in [-0.39, 0.29) is 24.3 Å². The summed E-state index contributed by atoms with van der Waals surface area (Å²) in [7, 11) is 1.36. The van der Waals surface area contributed by atoms with Crippen molar-refractivity contribution in [2.45, 2.75) is 48.8 Å². The quantitative estimate of drug-likeness (QED) is 0.326. The van der Waals surface area contributed by atoms with Crippen LogP contribution >= 0.6 is 11.6 Å². The molecule has 6 atom stereocenters. The van der Waals surface area contributed by atoms with Gasteiger partial charge in [0.2, 0.25) is 0 Å². The number of hydrogen-bond donors (Lipinski definition) is 2. The molecule has 2 saturated heterocycles. The van der Waals surface area contributed by atoms with Crippen LogP contribution in [-0.2, 0) is 20.6 Å². The predicted octanol–water partition coefficient (Wildman–Crippen LogP) is 1.59. The molecule has 0 aliphatic carbocycles. The van der Waals surface area contributed by atoms with Gasteiger partial charge in [0, 0.05) is 25.3 Å². The standard InChI is InChI=1S/C22H23ClF4N6O5/c1-36-21-14(4-10-5-32(30-28-10)16-8-37-9-22(16,26)27)38-15(7-34)20(35)19(21)33-6-13(29-31-33)11-2-3-12(23)18(25)17(11)24/h2-3,5-6,14-16,19-21,34-35H,4,7-9H2,1H3/t14-,15-,16-,19+,20+,21+/m1/s1. The zero-order chi connectivity index (χ0) is 27.2. The van der Waals surface area contributed by atoms with Crippen LogP contribution < -0.4 is 0 Å². The molecular formula is C22H23ClF4N6O5. The van der Waals surface area contributed by atoms with Crippen molar-refractivity contribution in [3.8, 4) is 11.3 Å². The number of halogens is 5. The summed E-state index contributed by atoms with van der Waals surface area (Å²) in [6.45, 7) is -1.50. The number of aliphatic hydroxyl groups excluding tert-OH is 2. The maximum Gasteiger partial charge on any atom is 0.295 e. The molecule has 16 heteroatoms. The molecule has 1 aromatic carbocycles. The Kier molecular flexibility index (Phi) is 7.41.